The number of hydrogen-bond acceptors (Lipinski definition) is 4. The van der Waals surface area contributed by atoms with Crippen molar-refractivity contribution in [1.29, 1.82) is 0 Å². The smallest absolute Gasteiger partial charge is 0.141 e. The molecular formula is C15H29N5. The third kappa shape index (κ3) is 3.04. The first-order valence-corrected chi connectivity index (χ1v) is 7.97. The molecule has 5 nitrogen and oxygen atoms in total. The second kappa shape index (κ2) is 6.68. The van der Waals surface area contributed by atoms with Gasteiger partial charge in [-0.15, -0.1) is 0 Å². The first kappa shape index (κ1) is 15.4. The van der Waals surface area contributed by atoms with Crippen LogP contribution in [0.1, 0.15) is 52.3 Å². The molecule has 1 aliphatic rings. The molecule has 0 aromatic carbocycles. The fourth-order valence-corrected chi connectivity index (χ4v) is 3.69. The molecule has 0 bridgehead atoms. The standard InChI is InChI=1S/C15H29N5/c1-4-19(10-14-17-12-18-20(14)5-2)15(11-16)8-6-7-13(3)9-15/h12-13H,4-11,16H2,1-3H3. The van der Waals surface area contributed by atoms with Crippen molar-refractivity contribution in [1.82, 2.24) is 19.7 Å². The maximum Gasteiger partial charge on any atom is 0.141 e. The van der Waals surface area contributed by atoms with Gasteiger partial charge in [0.15, 0.2) is 0 Å². The van der Waals surface area contributed by atoms with E-state index < -0.39 is 0 Å². The van der Waals surface area contributed by atoms with Gasteiger partial charge in [-0.3, -0.25) is 4.90 Å². The zero-order valence-electron chi connectivity index (χ0n) is 13.2. The SMILES string of the molecule is CCN(Cc1ncnn1CC)C1(CN)CCCC(C)C1. The Bertz CT molecular complexity index is 416. The normalized spacial score (nSPS) is 27.1. The maximum absolute atomic E-state index is 6.19. The maximum atomic E-state index is 6.19. The fraction of sp³-hybridized carbons (Fsp3) is 0.867. The van der Waals surface area contributed by atoms with E-state index in [-0.39, 0.29) is 5.54 Å². The average molecular weight is 279 g/mol. The van der Waals surface area contributed by atoms with Crippen LogP contribution in [0.4, 0.5) is 0 Å². The molecule has 114 valence electrons. The van der Waals surface area contributed by atoms with Gasteiger partial charge < -0.3 is 5.73 Å². The summed E-state index contributed by atoms with van der Waals surface area (Å²) in [5, 5.41) is 4.28. The lowest BCUT2D eigenvalue weighted by atomic mass is 9.75. The molecule has 0 saturated heterocycles. The highest BCUT2D eigenvalue weighted by Gasteiger charge is 2.38. The number of likely N-dealkylation sites (N-methyl/N-ethyl adjacent to an activating group) is 1. The van der Waals surface area contributed by atoms with Crippen LogP contribution in [0.3, 0.4) is 0 Å². The molecule has 0 radical (unpaired) electrons. The molecule has 1 saturated carbocycles. The van der Waals surface area contributed by atoms with Crippen LogP contribution in [0.25, 0.3) is 0 Å². The number of hydrogen-bond donors (Lipinski definition) is 1. The molecule has 2 atom stereocenters. The number of rotatable bonds is 6. The Kier molecular flexibility index (Phi) is 5.16. The highest BCUT2D eigenvalue weighted by molar-refractivity contribution is 4.98. The number of aryl methyl sites for hydroxylation is 1. The van der Waals surface area contributed by atoms with Gasteiger partial charge in [0.2, 0.25) is 0 Å². The zero-order chi connectivity index (χ0) is 14.6. The number of nitrogens with zero attached hydrogens (tertiary/aromatic N) is 4. The summed E-state index contributed by atoms with van der Waals surface area (Å²) in [5.74, 6) is 1.82. The first-order valence-electron chi connectivity index (χ1n) is 7.97. The lowest BCUT2D eigenvalue weighted by Gasteiger charge is -2.47. The van der Waals surface area contributed by atoms with Crippen LogP contribution in [0.5, 0.6) is 0 Å². The van der Waals surface area contributed by atoms with Gasteiger partial charge in [0.05, 0.1) is 6.54 Å². The van der Waals surface area contributed by atoms with E-state index in [9.17, 15) is 0 Å². The molecule has 2 unspecified atom stereocenters. The van der Waals surface area contributed by atoms with E-state index in [1.165, 1.54) is 25.7 Å². The zero-order valence-corrected chi connectivity index (χ0v) is 13.2. The average Bonchev–Trinajstić information content (AvgIpc) is 2.91. The third-order valence-corrected chi connectivity index (χ3v) is 4.83. The van der Waals surface area contributed by atoms with Crippen LogP contribution in [0.15, 0.2) is 6.33 Å². The topological polar surface area (TPSA) is 60.0 Å². The predicted molar refractivity (Wildman–Crippen MR) is 81.2 cm³/mol. The van der Waals surface area contributed by atoms with E-state index in [1.807, 2.05) is 4.68 Å². The molecule has 1 aromatic rings. The van der Waals surface area contributed by atoms with Gasteiger partial charge in [-0.05, 0) is 32.2 Å². The molecular weight excluding hydrogens is 250 g/mol. The van der Waals surface area contributed by atoms with Crippen molar-refractivity contribution >= 4 is 0 Å². The van der Waals surface area contributed by atoms with Gasteiger partial charge in [-0.2, -0.15) is 5.10 Å². The molecule has 5 heteroatoms. The van der Waals surface area contributed by atoms with Crippen LogP contribution >= 0.6 is 0 Å². The summed E-state index contributed by atoms with van der Waals surface area (Å²) in [5.41, 5.74) is 6.34. The van der Waals surface area contributed by atoms with Crippen molar-refractivity contribution in [3.05, 3.63) is 12.2 Å². The molecule has 2 rings (SSSR count). The van der Waals surface area contributed by atoms with Crippen LogP contribution in [0.2, 0.25) is 0 Å². The monoisotopic (exact) mass is 279 g/mol. The summed E-state index contributed by atoms with van der Waals surface area (Å²) in [4.78, 5) is 6.95. The molecule has 1 aromatic heterocycles. The van der Waals surface area contributed by atoms with Gasteiger partial charge in [-0.25, -0.2) is 9.67 Å². The van der Waals surface area contributed by atoms with Crippen LogP contribution in [-0.4, -0.2) is 38.3 Å². The minimum absolute atomic E-state index is 0.150. The lowest BCUT2D eigenvalue weighted by molar-refractivity contribution is 0.0337. The summed E-state index contributed by atoms with van der Waals surface area (Å²) in [6, 6.07) is 0. The molecule has 1 aliphatic carbocycles. The second-order valence-electron chi connectivity index (χ2n) is 6.14. The van der Waals surface area contributed by atoms with Crippen LogP contribution in [0, 0.1) is 5.92 Å². The Morgan fingerprint density at radius 3 is 2.90 bits per heavy atom. The Hall–Kier alpha value is -0.940. The Morgan fingerprint density at radius 1 is 1.50 bits per heavy atom. The summed E-state index contributed by atoms with van der Waals surface area (Å²) in [6.45, 7) is 10.2. The molecule has 2 N–H and O–H groups in total. The lowest BCUT2D eigenvalue weighted by Crippen LogP contribution is -2.56. The van der Waals surface area contributed by atoms with Gasteiger partial charge >= 0.3 is 0 Å². The van der Waals surface area contributed by atoms with Crippen molar-refractivity contribution in [3.63, 3.8) is 0 Å². The quantitative estimate of drug-likeness (QED) is 0.865. The summed E-state index contributed by atoms with van der Waals surface area (Å²) < 4.78 is 1.99. The minimum Gasteiger partial charge on any atom is -0.329 e. The van der Waals surface area contributed by atoms with Crippen molar-refractivity contribution < 1.29 is 0 Å². The van der Waals surface area contributed by atoms with E-state index in [4.69, 9.17) is 5.73 Å². The summed E-state index contributed by atoms with van der Waals surface area (Å²) >= 11 is 0. The van der Waals surface area contributed by atoms with E-state index in [1.54, 1.807) is 6.33 Å². The van der Waals surface area contributed by atoms with Crippen molar-refractivity contribution in [2.45, 2.75) is 65.1 Å². The highest BCUT2D eigenvalue weighted by Crippen LogP contribution is 2.36. The van der Waals surface area contributed by atoms with Gasteiger partial charge in [0.1, 0.15) is 12.2 Å². The van der Waals surface area contributed by atoms with E-state index in [2.05, 4.69) is 35.8 Å². The minimum atomic E-state index is 0.150. The molecule has 1 fully saturated rings. The van der Waals surface area contributed by atoms with Gasteiger partial charge in [0.25, 0.3) is 0 Å². The Morgan fingerprint density at radius 2 is 2.30 bits per heavy atom. The van der Waals surface area contributed by atoms with Gasteiger partial charge in [-0.1, -0.05) is 26.7 Å². The van der Waals surface area contributed by atoms with Crippen LogP contribution in [-0.2, 0) is 13.1 Å². The molecule has 0 spiro atoms. The molecule has 20 heavy (non-hydrogen) atoms. The number of aromatic nitrogens is 3. The second-order valence-corrected chi connectivity index (χ2v) is 6.14. The van der Waals surface area contributed by atoms with Crippen LogP contribution < -0.4 is 5.73 Å². The molecule has 0 amide bonds. The Labute approximate surface area is 122 Å². The fourth-order valence-electron chi connectivity index (χ4n) is 3.69. The molecule has 1 heterocycles. The van der Waals surface area contributed by atoms with Gasteiger partial charge in [0, 0.05) is 18.6 Å². The van der Waals surface area contributed by atoms with Crippen molar-refractivity contribution in [2.24, 2.45) is 11.7 Å². The van der Waals surface area contributed by atoms with E-state index >= 15 is 0 Å². The van der Waals surface area contributed by atoms with E-state index in [0.29, 0.717) is 0 Å². The molecule has 0 aliphatic heterocycles. The van der Waals surface area contributed by atoms with E-state index in [0.717, 1.165) is 37.9 Å². The highest BCUT2D eigenvalue weighted by atomic mass is 15.4. The summed E-state index contributed by atoms with van der Waals surface area (Å²) in [7, 11) is 0. The van der Waals surface area contributed by atoms with Crippen molar-refractivity contribution in [3.8, 4) is 0 Å². The third-order valence-electron chi connectivity index (χ3n) is 4.83. The Balaban J connectivity index is 2.17. The first-order chi connectivity index (χ1) is 9.65. The summed E-state index contributed by atoms with van der Waals surface area (Å²) in [6.07, 6.45) is 6.70. The predicted octanol–water partition coefficient (Wildman–Crippen LogP) is 2.03. The van der Waals surface area contributed by atoms with Crippen molar-refractivity contribution in [2.75, 3.05) is 13.1 Å². The largest absolute Gasteiger partial charge is 0.329 e. The number of nitrogens with two attached hydrogens (primary N) is 1.